The Labute approximate surface area is 165 Å². The lowest BCUT2D eigenvalue weighted by Crippen LogP contribution is -2.47. The standard InChI is InChI=1S/C21H28N2O5/c1-12(2)10-17(21(27)28-11-18(24)22-14(5)13(3)4)23-19(25)15-8-6-7-9-16(15)20(23)26/h6-9,12-14,17H,10-11H2,1-5H3,(H,22,24)/t14-,17+/m0/s1. The highest BCUT2D eigenvalue weighted by atomic mass is 16.5. The Bertz CT molecular complexity index is 737. The summed E-state index contributed by atoms with van der Waals surface area (Å²) in [6.45, 7) is 9.12. The van der Waals surface area contributed by atoms with Gasteiger partial charge in [-0.2, -0.15) is 0 Å². The summed E-state index contributed by atoms with van der Waals surface area (Å²) in [5.41, 5.74) is 0.551. The summed E-state index contributed by atoms with van der Waals surface area (Å²) in [5, 5.41) is 2.75. The van der Waals surface area contributed by atoms with Gasteiger partial charge in [-0.05, 0) is 37.3 Å². The number of hydrogen-bond acceptors (Lipinski definition) is 5. The number of esters is 1. The van der Waals surface area contributed by atoms with Crippen molar-refractivity contribution in [2.45, 2.75) is 53.1 Å². The molecule has 0 bridgehead atoms. The zero-order valence-corrected chi connectivity index (χ0v) is 17.0. The van der Waals surface area contributed by atoms with Crippen LogP contribution < -0.4 is 5.32 Å². The molecule has 0 saturated carbocycles. The highest BCUT2D eigenvalue weighted by Crippen LogP contribution is 2.27. The van der Waals surface area contributed by atoms with E-state index in [0.29, 0.717) is 0 Å². The average molecular weight is 388 g/mol. The number of nitrogens with one attached hydrogen (secondary N) is 1. The smallest absolute Gasteiger partial charge is 0.329 e. The fourth-order valence-corrected chi connectivity index (χ4v) is 2.94. The molecule has 1 aliphatic heterocycles. The van der Waals surface area contributed by atoms with Crippen LogP contribution in [0.4, 0.5) is 0 Å². The van der Waals surface area contributed by atoms with E-state index in [1.807, 2.05) is 34.6 Å². The van der Waals surface area contributed by atoms with Crippen molar-refractivity contribution in [3.8, 4) is 0 Å². The molecular weight excluding hydrogens is 360 g/mol. The van der Waals surface area contributed by atoms with Gasteiger partial charge in [0.15, 0.2) is 6.61 Å². The van der Waals surface area contributed by atoms with Crippen LogP contribution in [0.25, 0.3) is 0 Å². The number of carbonyl (C=O) groups excluding carboxylic acids is 4. The van der Waals surface area contributed by atoms with Crippen molar-refractivity contribution in [3.63, 3.8) is 0 Å². The van der Waals surface area contributed by atoms with Gasteiger partial charge < -0.3 is 10.1 Å². The number of rotatable bonds is 8. The first-order valence-corrected chi connectivity index (χ1v) is 9.56. The van der Waals surface area contributed by atoms with E-state index in [4.69, 9.17) is 4.74 Å². The molecule has 0 aromatic heterocycles. The van der Waals surface area contributed by atoms with Gasteiger partial charge in [0.25, 0.3) is 17.7 Å². The highest BCUT2D eigenvalue weighted by molar-refractivity contribution is 6.22. The Balaban J connectivity index is 2.12. The van der Waals surface area contributed by atoms with E-state index in [-0.39, 0.29) is 35.4 Å². The topological polar surface area (TPSA) is 92.8 Å². The van der Waals surface area contributed by atoms with Gasteiger partial charge in [-0.25, -0.2) is 4.79 Å². The van der Waals surface area contributed by atoms with Gasteiger partial charge in [-0.15, -0.1) is 0 Å². The average Bonchev–Trinajstić information content (AvgIpc) is 2.88. The zero-order chi connectivity index (χ0) is 21.0. The van der Waals surface area contributed by atoms with Crippen molar-refractivity contribution < 1.29 is 23.9 Å². The summed E-state index contributed by atoms with van der Waals surface area (Å²) < 4.78 is 5.16. The Kier molecular flexibility index (Phi) is 6.94. The molecule has 0 radical (unpaired) electrons. The van der Waals surface area contributed by atoms with Crippen LogP contribution in [-0.4, -0.2) is 47.3 Å². The van der Waals surface area contributed by atoms with Crippen molar-refractivity contribution in [3.05, 3.63) is 35.4 Å². The monoisotopic (exact) mass is 388 g/mol. The third kappa shape index (κ3) is 4.77. The summed E-state index contributed by atoms with van der Waals surface area (Å²) in [7, 11) is 0. The van der Waals surface area contributed by atoms with Crippen molar-refractivity contribution in [1.29, 1.82) is 0 Å². The predicted molar refractivity (Wildman–Crippen MR) is 104 cm³/mol. The molecule has 7 heteroatoms. The maximum absolute atomic E-state index is 12.7. The molecule has 3 amide bonds. The second-order valence-corrected chi connectivity index (χ2v) is 7.88. The number of carbonyl (C=O) groups is 4. The van der Waals surface area contributed by atoms with Crippen LogP contribution in [0.3, 0.4) is 0 Å². The molecule has 0 unspecified atom stereocenters. The molecule has 7 nitrogen and oxygen atoms in total. The molecule has 1 N–H and O–H groups in total. The molecule has 1 aliphatic rings. The Morgan fingerprint density at radius 1 is 1.00 bits per heavy atom. The Morgan fingerprint density at radius 3 is 2.00 bits per heavy atom. The summed E-state index contributed by atoms with van der Waals surface area (Å²) in [6.07, 6.45) is 0.258. The lowest BCUT2D eigenvalue weighted by atomic mass is 10.0. The van der Waals surface area contributed by atoms with Crippen LogP contribution >= 0.6 is 0 Å². The van der Waals surface area contributed by atoms with Gasteiger partial charge in [0.1, 0.15) is 6.04 Å². The van der Waals surface area contributed by atoms with Gasteiger partial charge in [-0.3, -0.25) is 19.3 Å². The molecule has 0 spiro atoms. The van der Waals surface area contributed by atoms with E-state index < -0.39 is 36.3 Å². The van der Waals surface area contributed by atoms with E-state index >= 15 is 0 Å². The maximum atomic E-state index is 12.7. The Hall–Kier alpha value is -2.70. The number of nitrogens with zero attached hydrogens (tertiary/aromatic N) is 1. The zero-order valence-electron chi connectivity index (χ0n) is 17.0. The normalized spacial score (nSPS) is 15.6. The van der Waals surface area contributed by atoms with Gasteiger partial charge in [-0.1, -0.05) is 39.8 Å². The van der Waals surface area contributed by atoms with Crippen LogP contribution in [0.5, 0.6) is 0 Å². The first kappa shape index (κ1) is 21.6. The largest absolute Gasteiger partial charge is 0.454 e. The predicted octanol–water partition coefficient (Wildman–Crippen LogP) is 2.40. The third-order valence-corrected chi connectivity index (χ3v) is 4.84. The van der Waals surface area contributed by atoms with Crippen molar-refractivity contribution >= 4 is 23.7 Å². The number of hydrogen-bond donors (Lipinski definition) is 1. The van der Waals surface area contributed by atoms with E-state index in [1.54, 1.807) is 24.3 Å². The highest BCUT2D eigenvalue weighted by Gasteiger charge is 2.43. The molecule has 0 saturated heterocycles. The summed E-state index contributed by atoms with van der Waals surface area (Å²) >= 11 is 0. The molecule has 1 aromatic rings. The SMILES string of the molecule is CC(C)C[C@H](C(=O)OCC(=O)N[C@@H](C)C(C)C)N1C(=O)c2ccccc2C1=O. The molecule has 2 rings (SSSR count). The number of amides is 3. The Morgan fingerprint density at radius 2 is 1.54 bits per heavy atom. The van der Waals surface area contributed by atoms with E-state index in [2.05, 4.69) is 5.32 Å². The minimum absolute atomic E-state index is 0.0386. The first-order chi connectivity index (χ1) is 13.1. The van der Waals surface area contributed by atoms with Gasteiger partial charge in [0.05, 0.1) is 11.1 Å². The lowest BCUT2D eigenvalue weighted by molar-refractivity contribution is -0.153. The minimum atomic E-state index is -1.07. The molecule has 0 fully saturated rings. The second kappa shape index (κ2) is 8.99. The molecule has 152 valence electrons. The van der Waals surface area contributed by atoms with Gasteiger partial charge in [0.2, 0.25) is 0 Å². The summed E-state index contributed by atoms with van der Waals surface area (Å²) in [6, 6.07) is 5.34. The van der Waals surface area contributed by atoms with E-state index in [1.165, 1.54) is 0 Å². The van der Waals surface area contributed by atoms with Gasteiger partial charge in [0, 0.05) is 6.04 Å². The second-order valence-electron chi connectivity index (χ2n) is 7.88. The molecule has 1 heterocycles. The summed E-state index contributed by atoms with van der Waals surface area (Å²) in [4.78, 5) is 51.1. The van der Waals surface area contributed by atoms with Gasteiger partial charge >= 0.3 is 5.97 Å². The van der Waals surface area contributed by atoms with E-state index in [0.717, 1.165) is 4.90 Å². The molecule has 2 atom stereocenters. The van der Waals surface area contributed by atoms with Crippen LogP contribution in [0.15, 0.2) is 24.3 Å². The van der Waals surface area contributed by atoms with Crippen LogP contribution in [0.2, 0.25) is 0 Å². The number of benzene rings is 1. The molecule has 1 aromatic carbocycles. The first-order valence-electron chi connectivity index (χ1n) is 9.56. The fourth-order valence-electron chi connectivity index (χ4n) is 2.94. The third-order valence-electron chi connectivity index (χ3n) is 4.84. The van der Waals surface area contributed by atoms with Crippen molar-refractivity contribution in [2.24, 2.45) is 11.8 Å². The van der Waals surface area contributed by atoms with Crippen LogP contribution in [-0.2, 0) is 14.3 Å². The number of fused-ring (bicyclic) bond motifs is 1. The van der Waals surface area contributed by atoms with E-state index in [9.17, 15) is 19.2 Å². The number of imide groups is 1. The summed E-state index contributed by atoms with van der Waals surface area (Å²) in [5.74, 6) is -1.92. The number of ether oxygens (including phenoxy) is 1. The van der Waals surface area contributed by atoms with Crippen LogP contribution in [0, 0.1) is 11.8 Å². The maximum Gasteiger partial charge on any atom is 0.329 e. The quantitative estimate of drug-likeness (QED) is 0.545. The lowest BCUT2D eigenvalue weighted by Gasteiger charge is -2.26. The molecule has 28 heavy (non-hydrogen) atoms. The minimum Gasteiger partial charge on any atom is -0.454 e. The molecule has 0 aliphatic carbocycles. The van der Waals surface area contributed by atoms with Crippen LogP contribution in [0.1, 0.15) is 61.8 Å². The van der Waals surface area contributed by atoms with Crippen molar-refractivity contribution in [2.75, 3.05) is 6.61 Å². The fraction of sp³-hybridized carbons (Fsp3) is 0.524. The van der Waals surface area contributed by atoms with Crippen molar-refractivity contribution in [1.82, 2.24) is 10.2 Å². The molecular formula is C21H28N2O5.